The summed E-state index contributed by atoms with van der Waals surface area (Å²) in [6, 6.07) is 0. The number of unbranched alkanes of at least 4 members (excludes halogenated alkanes) is 1. The third-order valence-corrected chi connectivity index (χ3v) is 2.51. The molecule has 0 fully saturated rings. The van der Waals surface area contributed by atoms with Gasteiger partial charge >= 0.3 is 0 Å². The molecule has 1 aromatic rings. The molecule has 0 saturated heterocycles. The summed E-state index contributed by atoms with van der Waals surface area (Å²) in [5.74, 6) is 0.333. The quantitative estimate of drug-likeness (QED) is 0.714. The minimum Gasteiger partial charge on any atom is -0.390 e. The molecule has 0 spiro atoms. The highest BCUT2D eigenvalue weighted by atomic mass is 16.5. The second kappa shape index (κ2) is 6.60. The van der Waals surface area contributed by atoms with Crippen molar-refractivity contribution in [1.82, 2.24) is 15.0 Å². The normalized spacial score (nSPS) is 11.3. The molecule has 0 aliphatic rings. The van der Waals surface area contributed by atoms with Crippen LogP contribution in [-0.2, 0) is 17.9 Å². The van der Waals surface area contributed by atoms with Gasteiger partial charge in [0.05, 0.1) is 12.3 Å². The SMILES string of the molecule is COCCCCn1nnc(CO)c1C(C)C. The number of ether oxygens (including phenoxy) is 1. The van der Waals surface area contributed by atoms with Crippen molar-refractivity contribution in [2.24, 2.45) is 0 Å². The number of aryl methyl sites for hydroxylation is 1. The van der Waals surface area contributed by atoms with E-state index in [9.17, 15) is 0 Å². The predicted octanol–water partition coefficient (Wildman–Crippen LogP) is 1.32. The number of hydrogen-bond acceptors (Lipinski definition) is 4. The van der Waals surface area contributed by atoms with Crippen LogP contribution in [-0.4, -0.2) is 33.8 Å². The fourth-order valence-electron chi connectivity index (χ4n) is 1.77. The Morgan fingerprint density at radius 2 is 2.12 bits per heavy atom. The summed E-state index contributed by atoms with van der Waals surface area (Å²) < 4.78 is 6.89. The lowest BCUT2D eigenvalue weighted by Crippen LogP contribution is -2.08. The summed E-state index contributed by atoms with van der Waals surface area (Å²) >= 11 is 0. The van der Waals surface area contributed by atoms with E-state index < -0.39 is 0 Å². The molecule has 0 unspecified atom stereocenters. The molecule has 0 atom stereocenters. The molecule has 5 nitrogen and oxygen atoms in total. The lowest BCUT2D eigenvalue weighted by molar-refractivity contribution is 0.190. The molecular formula is C11H21N3O2. The van der Waals surface area contributed by atoms with Gasteiger partial charge in [-0.3, -0.25) is 0 Å². The average molecular weight is 227 g/mol. The number of aliphatic hydroxyl groups is 1. The van der Waals surface area contributed by atoms with E-state index in [0.717, 1.165) is 31.7 Å². The van der Waals surface area contributed by atoms with Gasteiger partial charge in [-0.25, -0.2) is 4.68 Å². The van der Waals surface area contributed by atoms with Crippen molar-refractivity contribution in [1.29, 1.82) is 0 Å². The molecule has 1 aromatic heterocycles. The molecule has 0 radical (unpaired) electrons. The molecule has 16 heavy (non-hydrogen) atoms. The number of nitrogens with zero attached hydrogens (tertiary/aromatic N) is 3. The van der Waals surface area contributed by atoms with Crippen molar-refractivity contribution in [2.75, 3.05) is 13.7 Å². The lowest BCUT2D eigenvalue weighted by atomic mass is 10.1. The van der Waals surface area contributed by atoms with Gasteiger partial charge in [-0.1, -0.05) is 19.1 Å². The van der Waals surface area contributed by atoms with Gasteiger partial charge in [0.15, 0.2) is 0 Å². The molecule has 1 N–H and O–H groups in total. The van der Waals surface area contributed by atoms with Gasteiger partial charge in [-0.05, 0) is 18.8 Å². The zero-order valence-electron chi connectivity index (χ0n) is 10.3. The largest absolute Gasteiger partial charge is 0.390 e. The Balaban J connectivity index is 2.61. The molecule has 0 aliphatic carbocycles. The maximum Gasteiger partial charge on any atom is 0.112 e. The first kappa shape index (κ1) is 13.1. The first-order chi connectivity index (χ1) is 7.70. The van der Waals surface area contributed by atoms with E-state index in [1.807, 2.05) is 4.68 Å². The fourth-order valence-corrected chi connectivity index (χ4v) is 1.77. The van der Waals surface area contributed by atoms with Crippen LogP contribution in [0.4, 0.5) is 0 Å². The first-order valence-electron chi connectivity index (χ1n) is 5.72. The second-order valence-electron chi connectivity index (χ2n) is 4.16. The molecule has 0 aromatic carbocycles. The molecule has 5 heteroatoms. The lowest BCUT2D eigenvalue weighted by Gasteiger charge is -2.10. The fraction of sp³-hybridized carbons (Fsp3) is 0.818. The van der Waals surface area contributed by atoms with Gasteiger partial charge in [0.2, 0.25) is 0 Å². The van der Waals surface area contributed by atoms with E-state index in [1.54, 1.807) is 7.11 Å². The number of rotatable bonds is 7. The molecule has 1 rings (SSSR count). The minimum absolute atomic E-state index is 0.0361. The van der Waals surface area contributed by atoms with Crippen LogP contribution >= 0.6 is 0 Å². The summed E-state index contributed by atoms with van der Waals surface area (Å²) in [4.78, 5) is 0. The predicted molar refractivity (Wildman–Crippen MR) is 61.1 cm³/mol. The first-order valence-corrected chi connectivity index (χ1v) is 5.72. The number of methoxy groups -OCH3 is 1. The van der Waals surface area contributed by atoms with Crippen molar-refractivity contribution in [3.63, 3.8) is 0 Å². The standard InChI is InChI=1S/C11H21N3O2/c1-9(2)11-10(8-15)12-13-14(11)6-4-5-7-16-3/h9,15H,4-8H2,1-3H3. The molecule has 0 aliphatic heterocycles. The van der Waals surface area contributed by atoms with Crippen LogP contribution in [0.3, 0.4) is 0 Å². The Morgan fingerprint density at radius 3 is 2.69 bits per heavy atom. The monoisotopic (exact) mass is 227 g/mol. The molecule has 0 saturated carbocycles. The molecule has 92 valence electrons. The third-order valence-electron chi connectivity index (χ3n) is 2.51. The van der Waals surface area contributed by atoms with Gasteiger partial charge in [-0.2, -0.15) is 0 Å². The van der Waals surface area contributed by atoms with Crippen molar-refractivity contribution in [2.45, 2.75) is 45.8 Å². The average Bonchev–Trinajstić information content (AvgIpc) is 2.67. The Kier molecular flexibility index (Phi) is 5.42. The van der Waals surface area contributed by atoms with Crippen LogP contribution in [0.1, 0.15) is 44.0 Å². The summed E-state index contributed by atoms with van der Waals surface area (Å²) in [6.07, 6.45) is 2.03. The maximum atomic E-state index is 9.15. The van der Waals surface area contributed by atoms with Gasteiger partial charge < -0.3 is 9.84 Å². The van der Waals surface area contributed by atoms with E-state index in [4.69, 9.17) is 9.84 Å². The van der Waals surface area contributed by atoms with Crippen LogP contribution in [0.15, 0.2) is 0 Å². The van der Waals surface area contributed by atoms with Crippen LogP contribution in [0, 0.1) is 0 Å². The maximum absolute atomic E-state index is 9.15. The Morgan fingerprint density at radius 1 is 1.38 bits per heavy atom. The van der Waals surface area contributed by atoms with Crippen molar-refractivity contribution in [3.05, 3.63) is 11.4 Å². The number of aliphatic hydroxyl groups excluding tert-OH is 1. The smallest absolute Gasteiger partial charge is 0.112 e. The highest BCUT2D eigenvalue weighted by Gasteiger charge is 2.14. The summed E-state index contributed by atoms with van der Waals surface area (Å²) in [5, 5.41) is 17.2. The molecule has 0 bridgehead atoms. The van der Waals surface area contributed by atoms with Gasteiger partial charge in [0, 0.05) is 20.3 Å². The van der Waals surface area contributed by atoms with Crippen molar-refractivity contribution in [3.8, 4) is 0 Å². The van der Waals surface area contributed by atoms with Crippen LogP contribution in [0.2, 0.25) is 0 Å². The summed E-state index contributed by atoms with van der Waals surface area (Å²) in [5.41, 5.74) is 1.74. The third kappa shape index (κ3) is 3.28. The Bertz CT molecular complexity index is 310. The molecular weight excluding hydrogens is 206 g/mol. The van der Waals surface area contributed by atoms with E-state index >= 15 is 0 Å². The molecule has 0 amide bonds. The highest BCUT2D eigenvalue weighted by Crippen LogP contribution is 2.17. The van der Waals surface area contributed by atoms with E-state index in [0.29, 0.717) is 11.6 Å². The van der Waals surface area contributed by atoms with Crippen LogP contribution in [0.25, 0.3) is 0 Å². The Hall–Kier alpha value is -0.940. The van der Waals surface area contributed by atoms with Gasteiger partial charge in [0.1, 0.15) is 5.69 Å². The number of aromatic nitrogens is 3. The topological polar surface area (TPSA) is 60.2 Å². The van der Waals surface area contributed by atoms with Crippen molar-refractivity contribution < 1.29 is 9.84 Å². The molecule has 1 heterocycles. The van der Waals surface area contributed by atoms with E-state index in [2.05, 4.69) is 24.2 Å². The van der Waals surface area contributed by atoms with Crippen molar-refractivity contribution >= 4 is 0 Å². The van der Waals surface area contributed by atoms with Crippen LogP contribution in [0.5, 0.6) is 0 Å². The zero-order chi connectivity index (χ0) is 12.0. The highest BCUT2D eigenvalue weighted by molar-refractivity contribution is 5.13. The summed E-state index contributed by atoms with van der Waals surface area (Å²) in [6.45, 7) is 5.75. The van der Waals surface area contributed by atoms with Gasteiger partial charge in [-0.15, -0.1) is 5.10 Å². The number of hydrogen-bond donors (Lipinski definition) is 1. The zero-order valence-corrected chi connectivity index (χ0v) is 10.3. The Labute approximate surface area is 96.4 Å². The van der Waals surface area contributed by atoms with Crippen LogP contribution < -0.4 is 0 Å². The summed E-state index contributed by atoms with van der Waals surface area (Å²) in [7, 11) is 1.71. The second-order valence-corrected chi connectivity index (χ2v) is 4.16. The van der Waals surface area contributed by atoms with Gasteiger partial charge in [0.25, 0.3) is 0 Å². The minimum atomic E-state index is -0.0361. The van der Waals surface area contributed by atoms with E-state index in [-0.39, 0.29) is 6.61 Å². The van der Waals surface area contributed by atoms with E-state index in [1.165, 1.54) is 0 Å².